The van der Waals surface area contributed by atoms with Gasteiger partial charge in [-0.25, -0.2) is 4.79 Å². The van der Waals surface area contributed by atoms with Crippen molar-refractivity contribution in [3.05, 3.63) is 59.2 Å². The second-order valence-corrected chi connectivity index (χ2v) is 5.44. The molecular formula is C19H22O3. The van der Waals surface area contributed by atoms with Gasteiger partial charge >= 0.3 is 5.97 Å². The molecule has 3 heteroatoms. The molecule has 0 aliphatic carbocycles. The van der Waals surface area contributed by atoms with Crippen LogP contribution in [0.4, 0.5) is 0 Å². The predicted molar refractivity (Wildman–Crippen MR) is 87.7 cm³/mol. The molecule has 3 nitrogen and oxygen atoms in total. The van der Waals surface area contributed by atoms with Gasteiger partial charge in [0.05, 0.1) is 12.2 Å². The van der Waals surface area contributed by atoms with Gasteiger partial charge in [-0.2, -0.15) is 0 Å². The zero-order valence-corrected chi connectivity index (χ0v) is 13.4. The topological polar surface area (TPSA) is 35.5 Å². The van der Waals surface area contributed by atoms with Crippen molar-refractivity contribution < 1.29 is 14.3 Å². The second kappa shape index (κ2) is 7.64. The van der Waals surface area contributed by atoms with Crippen molar-refractivity contribution in [2.24, 2.45) is 0 Å². The summed E-state index contributed by atoms with van der Waals surface area (Å²) in [5.74, 6) is 0.897. The van der Waals surface area contributed by atoms with Gasteiger partial charge in [0.25, 0.3) is 0 Å². The first-order chi connectivity index (χ1) is 10.6. The maximum atomic E-state index is 12.2. The van der Waals surface area contributed by atoms with E-state index >= 15 is 0 Å². The number of carbonyl (C=O) groups is 1. The molecule has 0 heterocycles. The van der Waals surface area contributed by atoms with E-state index in [2.05, 4.69) is 6.92 Å². The zero-order chi connectivity index (χ0) is 15.9. The van der Waals surface area contributed by atoms with E-state index in [1.807, 2.05) is 38.1 Å². The normalized spacial score (nSPS) is 10.3. The highest BCUT2D eigenvalue weighted by Crippen LogP contribution is 2.19. The molecule has 0 amide bonds. The summed E-state index contributed by atoms with van der Waals surface area (Å²) in [7, 11) is 0. The van der Waals surface area contributed by atoms with Gasteiger partial charge in [-0.3, -0.25) is 0 Å². The molecule has 2 rings (SSSR count). The minimum absolute atomic E-state index is 0.369. The van der Waals surface area contributed by atoms with Crippen LogP contribution in [0, 0.1) is 13.8 Å². The molecule has 2 aromatic rings. The Bertz CT molecular complexity index is 627. The van der Waals surface area contributed by atoms with E-state index in [0.717, 1.165) is 24.0 Å². The molecular weight excluding hydrogens is 276 g/mol. The third-order valence-electron chi connectivity index (χ3n) is 3.24. The van der Waals surface area contributed by atoms with E-state index in [0.29, 0.717) is 23.7 Å². The smallest absolute Gasteiger partial charge is 0.343 e. The number of benzene rings is 2. The molecule has 0 saturated carbocycles. The second-order valence-electron chi connectivity index (χ2n) is 5.44. The lowest BCUT2D eigenvalue weighted by Gasteiger charge is -2.09. The highest BCUT2D eigenvalue weighted by atomic mass is 16.5. The fraction of sp³-hybridized carbons (Fsp3) is 0.316. The van der Waals surface area contributed by atoms with E-state index in [4.69, 9.17) is 9.47 Å². The Hall–Kier alpha value is -2.29. The van der Waals surface area contributed by atoms with Gasteiger partial charge < -0.3 is 9.47 Å². The first kappa shape index (κ1) is 16.1. The molecule has 0 unspecified atom stereocenters. The van der Waals surface area contributed by atoms with E-state index in [1.54, 1.807) is 18.2 Å². The number of rotatable bonds is 6. The van der Waals surface area contributed by atoms with E-state index in [-0.39, 0.29) is 5.97 Å². The van der Waals surface area contributed by atoms with Crippen LogP contribution in [0.5, 0.6) is 11.5 Å². The van der Waals surface area contributed by atoms with Crippen LogP contribution in [-0.4, -0.2) is 12.6 Å². The molecule has 0 atom stereocenters. The van der Waals surface area contributed by atoms with Gasteiger partial charge in [0, 0.05) is 0 Å². The molecule has 0 aliphatic heterocycles. The number of esters is 1. The van der Waals surface area contributed by atoms with E-state index in [9.17, 15) is 4.79 Å². The highest BCUT2D eigenvalue weighted by Gasteiger charge is 2.10. The average molecular weight is 298 g/mol. The fourth-order valence-corrected chi connectivity index (χ4v) is 2.21. The lowest BCUT2D eigenvalue weighted by molar-refractivity contribution is 0.0734. The highest BCUT2D eigenvalue weighted by molar-refractivity contribution is 5.91. The molecule has 0 spiro atoms. The Morgan fingerprint density at radius 1 is 1.00 bits per heavy atom. The number of hydrogen-bond donors (Lipinski definition) is 0. The van der Waals surface area contributed by atoms with Crippen LogP contribution in [0.25, 0.3) is 0 Å². The molecule has 0 bridgehead atoms. The third-order valence-corrected chi connectivity index (χ3v) is 3.24. The van der Waals surface area contributed by atoms with Crippen molar-refractivity contribution in [2.45, 2.75) is 33.6 Å². The minimum atomic E-state index is -0.369. The van der Waals surface area contributed by atoms with Gasteiger partial charge in [-0.05, 0) is 61.7 Å². The maximum Gasteiger partial charge on any atom is 0.343 e. The van der Waals surface area contributed by atoms with Crippen molar-refractivity contribution in [1.29, 1.82) is 0 Å². The summed E-state index contributed by atoms with van der Waals surface area (Å²) in [6.45, 7) is 6.73. The fourth-order valence-electron chi connectivity index (χ4n) is 2.21. The number of hydrogen-bond acceptors (Lipinski definition) is 3. The Kier molecular flexibility index (Phi) is 5.59. The number of ether oxygens (including phenoxy) is 2. The zero-order valence-electron chi connectivity index (χ0n) is 13.4. The molecule has 2 aromatic carbocycles. The van der Waals surface area contributed by atoms with Crippen LogP contribution < -0.4 is 9.47 Å². The van der Waals surface area contributed by atoms with E-state index in [1.165, 1.54) is 0 Å². The van der Waals surface area contributed by atoms with Crippen molar-refractivity contribution in [3.63, 3.8) is 0 Å². The van der Waals surface area contributed by atoms with Crippen LogP contribution in [-0.2, 0) is 0 Å². The minimum Gasteiger partial charge on any atom is -0.494 e. The summed E-state index contributed by atoms with van der Waals surface area (Å²) >= 11 is 0. The molecule has 0 aromatic heterocycles. The third kappa shape index (κ3) is 4.62. The molecule has 0 aliphatic rings. The number of aryl methyl sites for hydroxylation is 2. The summed E-state index contributed by atoms with van der Waals surface area (Å²) in [6, 6.07) is 12.9. The standard InChI is InChI=1S/C19H22O3/c1-4-5-9-21-17-8-6-7-16(13-17)19(20)22-18-11-14(2)10-15(3)12-18/h6-8,10-13H,4-5,9H2,1-3H3. The first-order valence-corrected chi connectivity index (χ1v) is 7.62. The van der Waals surface area contributed by atoms with Gasteiger partial charge in [0.15, 0.2) is 0 Å². The first-order valence-electron chi connectivity index (χ1n) is 7.62. The molecule has 0 fully saturated rings. The van der Waals surface area contributed by atoms with Crippen molar-refractivity contribution in [3.8, 4) is 11.5 Å². The summed E-state index contributed by atoms with van der Waals surface area (Å²) < 4.78 is 11.1. The van der Waals surface area contributed by atoms with E-state index < -0.39 is 0 Å². The van der Waals surface area contributed by atoms with Gasteiger partial charge in [-0.1, -0.05) is 25.5 Å². The van der Waals surface area contributed by atoms with Gasteiger partial charge in [0.1, 0.15) is 11.5 Å². The number of unbranched alkanes of at least 4 members (excludes halogenated alkanes) is 1. The monoisotopic (exact) mass is 298 g/mol. The quantitative estimate of drug-likeness (QED) is 0.440. The molecule has 0 radical (unpaired) electrons. The van der Waals surface area contributed by atoms with Gasteiger partial charge in [0.2, 0.25) is 0 Å². The SMILES string of the molecule is CCCCOc1cccc(C(=O)Oc2cc(C)cc(C)c2)c1. The van der Waals surface area contributed by atoms with Crippen LogP contribution in [0.3, 0.4) is 0 Å². The Morgan fingerprint density at radius 2 is 1.73 bits per heavy atom. The lowest BCUT2D eigenvalue weighted by atomic mass is 10.1. The maximum absolute atomic E-state index is 12.2. The van der Waals surface area contributed by atoms with Crippen molar-refractivity contribution in [1.82, 2.24) is 0 Å². The van der Waals surface area contributed by atoms with Crippen molar-refractivity contribution in [2.75, 3.05) is 6.61 Å². The Morgan fingerprint density at radius 3 is 2.41 bits per heavy atom. The molecule has 116 valence electrons. The molecule has 22 heavy (non-hydrogen) atoms. The van der Waals surface area contributed by atoms with Crippen LogP contribution >= 0.6 is 0 Å². The average Bonchev–Trinajstić information content (AvgIpc) is 2.47. The van der Waals surface area contributed by atoms with Crippen LogP contribution in [0.2, 0.25) is 0 Å². The predicted octanol–water partition coefficient (Wildman–Crippen LogP) is 4.70. The largest absolute Gasteiger partial charge is 0.494 e. The Balaban J connectivity index is 2.07. The summed E-state index contributed by atoms with van der Waals surface area (Å²) in [5.41, 5.74) is 2.63. The summed E-state index contributed by atoms with van der Waals surface area (Å²) in [4.78, 5) is 12.2. The van der Waals surface area contributed by atoms with Crippen LogP contribution in [0.1, 0.15) is 41.3 Å². The Labute approximate surface area is 131 Å². The lowest BCUT2D eigenvalue weighted by Crippen LogP contribution is -2.09. The summed E-state index contributed by atoms with van der Waals surface area (Å²) in [6.07, 6.45) is 2.08. The van der Waals surface area contributed by atoms with Crippen LogP contribution in [0.15, 0.2) is 42.5 Å². The van der Waals surface area contributed by atoms with Crippen molar-refractivity contribution >= 4 is 5.97 Å². The summed E-state index contributed by atoms with van der Waals surface area (Å²) in [5, 5.41) is 0. The molecule has 0 N–H and O–H groups in total. The number of carbonyl (C=O) groups excluding carboxylic acids is 1. The van der Waals surface area contributed by atoms with Gasteiger partial charge in [-0.15, -0.1) is 0 Å². The molecule has 0 saturated heterocycles.